The maximum atomic E-state index is 13.0. The Morgan fingerprint density at radius 1 is 0.969 bits per heavy atom. The fourth-order valence-electron chi connectivity index (χ4n) is 4.32. The monoisotopic (exact) mass is 456 g/mol. The highest BCUT2D eigenvalue weighted by atomic mass is 32.2. The van der Waals surface area contributed by atoms with Crippen LogP contribution < -0.4 is 4.90 Å². The minimum Gasteiger partial charge on any atom is -0.454 e. The molecule has 4 rings (SSSR count). The summed E-state index contributed by atoms with van der Waals surface area (Å²) in [5, 5.41) is 0. The normalized spacial score (nSPS) is 15.8. The predicted octanol–water partition coefficient (Wildman–Crippen LogP) is 3.07. The Hall–Kier alpha value is -2.71. The van der Waals surface area contributed by atoms with E-state index in [-0.39, 0.29) is 22.8 Å². The lowest BCUT2D eigenvalue weighted by molar-refractivity contribution is 0.0475. The third-order valence-corrected chi connectivity index (χ3v) is 7.98. The summed E-state index contributed by atoms with van der Waals surface area (Å²) in [4.78, 5) is 27.7. The molecular formula is C24H28N2O5S. The van der Waals surface area contributed by atoms with Crippen molar-refractivity contribution < 1.29 is 22.7 Å². The van der Waals surface area contributed by atoms with Gasteiger partial charge in [-0.1, -0.05) is 12.1 Å². The molecule has 2 aromatic rings. The number of sulfonamides is 1. The predicted molar refractivity (Wildman–Crippen MR) is 122 cm³/mol. The van der Waals surface area contributed by atoms with Gasteiger partial charge in [0.05, 0.1) is 16.1 Å². The van der Waals surface area contributed by atoms with Crippen LogP contribution in [0, 0.1) is 0 Å². The van der Waals surface area contributed by atoms with Gasteiger partial charge in [0.1, 0.15) is 0 Å². The first-order chi connectivity index (χ1) is 15.3. The number of anilines is 1. The Bertz CT molecular complexity index is 1150. The summed E-state index contributed by atoms with van der Waals surface area (Å²) in [5.41, 5.74) is 3.78. The first kappa shape index (κ1) is 22.5. The number of aryl methyl sites for hydroxylation is 2. The van der Waals surface area contributed by atoms with Crippen LogP contribution >= 0.6 is 0 Å². The van der Waals surface area contributed by atoms with Crippen molar-refractivity contribution in [2.45, 2.75) is 37.0 Å². The maximum absolute atomic E-state index is 13.0. The van der Waals surface area contributed by atoms with Gasteiger partial charge in [-0.3, -0.25) is 4.79 Å². The van der Waals surface area contributed by atoms with Gasteiger partial charge in [0.15, 0.2) is 12.4 Å². The molecule has 170 valence electrons. The molecule has 0 atom stereocenters. The summed E-state index contributed by atoms with van der Waals surface area (Å²) in [6.45, 7) is 1.18. The number of benzene rings is 2. The van der Waals surface area contributed by atoms with E-state index < -0.39 is 16.0 Å². The van der Waals surface area contributed by atoms with E-state index in [1.165, 1.54) is 37.4 Å². The largest absolute Gasteiger partial charge is 0.454 e. The minimum atomic E-state index is -3.71. The molecule has 0 aromatic heterocycles. The van der Waals surface area contributed by atoms with Crippen LogP contribution in [-0.4, -0.2) is 58.3 Å². The zero-order valence-corrected chi connectivity index (χ0v) is 19.3. The van der Waals surface area contributed by atoms with Crippen LogP contribution in [0.2, 0.25) is 0 Å². The van der Waals surface area contributed by atoms with Crippen molar-refractivity contribution in [3.63, 3.8) is 0 Å². The quantitative estimate of drug-likeness (QED) is 0.470. The number of nitrogens with zero attached hydrogens (tertiary/aromatic N) is 2. The topological polar surface area (TPSA) is 84.0 Å². The smallest absolute Gasteiger partial charge is 0.340 e. The van der Waals surface area contributed by atoms with E-state index in [4.69, 9.17) is 4.74 Å². The number of rotatable bonds is 7. The van der Waals surface area contributed by atoms with Crippen molar-refractivity contribution in [2.75, 3.05) is 38.7 Å². The molecule has 1 aliphatic heterocycles. The SMILES string of the molecule is CN(C)S(=O)(=O)c1ccc(N2CCCC2)c(C(=O)OCC(=O)c2ccc3c(c2)CCC3)c1. The molecule has 32 heavy (non-hydrogen) atoms. The van der Waals surface area contributed by atoms with E-state index >= 15 is 0 Å². The zero-order chi connectivity index (χ0) is 22.9. The molecule has 0 spiro atoms. The van der Waals surface area contributed by atoms with Crippen molar-refractivity contribution in [1.29, 1.82) is 0 Å². The molecule has 1 aliphatic carbocycles. The van der Waals surface area contributed by atoms with E-state index in [1.807, 2.05) is 17.0 Å². The molecule has 1 fully saturated rings. The van der Waals surface area contributed by atoms with Crippen molar-refractivity contribution in [3.05, 3.63) is 58.7 Å². The molecule has 8 heteroatoms. The fourth-order valence-corrected chi connectivity index (χ4v) is 5.25. The highest BCUT2D eigenvalue weighted by Gasteiger charge is 2.26. The Kier molecular flexibility index (Phi) is 6.35. The van der Waals surface area contributed by atoms with E-state index in [0.717, 1.165) is 49.5 Å². The van der Waals surface area contributed by atoms with E-state index in [2.05, 4.69) is 0 Å². The number of esters is 1. The fraction of sp³-hybridized carbons (Fsp3) is 0.417. The molecule has 2 aliphatic rings. The van der Waals surface area contributed by atoms with Crippen molar-refractivity contribution in [3.8, 4) is 0 Å². The van der Waals surface area contributed by atoms with Crippen molar-refractivity contribution in [2.24, 2.45) is 0 Å². The molecule has 0 N–H and O–H groups in total. The van der Waals surface area contributed by atoms with Crippen LogP contribution in [0.5, 0.6) is 0 Å². The summed E-state index contributed by atoms with van der Waals surface area (Å²) in [5.74, 6) is -0.968. The number of carbonyl (C=O) groups is 2. The lowest BCUT2D eigenvalue weighted by atomic mass is 10.0. The van der Waals surface area contributed by atoms with Gasteiger partial charge >= 0.3 is 5.97 Å². The summed E-state index contributed by atoms with van der Waals surface area (Å²) >= 11 is 0. The van der Waals surface area contributed by atoms with Crippen LogP contribution in [0.3, 0.4) is 0 Å². The second kappa shape index (κ2) is 9.03. The highest BCUT2D eigenvalue weighted by Crippen LogP contribution is 2.29. The lowest BCUT2D eigenvalue weighted by Gasteiger charge is -2.22. The molecule has 2 aromatic carbocycles. The molecule has 1 saturated heterocycles. The lowest BCUT2D eigenvalue weighted by Crippen LogP contribution is -2.25. The van der Waals surface area contributed by atoms with E-state index in [9.17, 15) is 18.0 Å². The molecule has 1 heterocycles. The first-order valence-corrected chi connectivity index (χ1v) is 12.3. The van der Waals surface area contributed by atoms with E-state index in [1.54, 1.807) is 12.1 Å². The standard InChI is InChI=1S/C24H28N2O5S/c1-25(2)32(29,30)20-10-11-22(26-12-3-4-13-26)21(15-20)24(28)31-16-23(27)19-9-8-17-6-5-7-18(17)14-19/h8-11,14-15H,3-7,12-13,16H2,1-2H3. The number of hydrogen-bond acceptors (Lipinski definition) is 6. The zero-order valence-electron chi connectivity index (χ0n) is 18.5. The second-order valence-corrected chi connectivity index (χ2v) is 10.6. The third kappa shape index (κ3) is 4.42. The highest BCUT2D eigenvalue weighted by molar-refractivity contribution is 7.89. The molecule has 0 amide bonds. The summed E-state index contributed by atoms with van der Waals surface area (Å²) in [6, 6.07) is 10.2. The van der Waals surface area contributed by atoms with Gasteiger partial charge in [0, 0.05) is 32.7 Å². The van der Waals surface area contributed by atoms with Crippen molar-refractivity contribution >= 4 is 27.5 Å². The maximum Gasteiger partial charge on any atom is 0.340 e. The van der Waals surface area contributed by atoms with Crippen LogP contribution in [0.1, 0.15) is 51.1 Å². The van der Waals surface area contributed by atoms with Gasteiger partial charge in [-0.15, -0.1) is 0 Å². The second-order valence-electron chi connectivity index (χ2n) is 8.50. The number of ketones is 1. The molecule has 0 radical (unpaired) electrons. The average Bonchev–Trinajstić information content (AvgIpc) is 3.48. The van der Waals surface area contributed by atoms with Gasteiger partial charge in [-0.25, -0.2) is 17.5 Å². The number of hydrogen-bond donors (Lipinski definition) is 0. The molecule has 0 saturated carbocycles. The number of ether oxygens (including phenoxy) is 1. The minimum absolute atomic E-state index is 0.0161. The van der Waals surface area contributed by atoms with Crippen molar-refractivity contribution in [1.82, 2.24) is 4.31 Å². The summed E-state index contributed by atoms with van der Waals surface area (Å²) in [7, 11) is -0.830. The Morgan fingerprint density at radius 2 is 1.69 bits per heavy atom. The van der Waals surface area contributed by atoms with Gasteiger partial charge in [-0.05, 0) is 67.5 Å². The number of carbonyl (C=O) groups excluding carboxylic acids is 2. The summed E-state index contributed by atoms with van der Waals surface area (Å²) < 4.78 is 31.6. The van der Waals surface area contributed by atoms with Gasteiger partial charge in [0.25, 0.3) is 0 Å². The van der Waals surface area contributed by atoms with Crippen LogP contribution in [0.15, 0.2) is 41.3 Å². The van der Waals surface area contributed by atoms with Gasteiger partial charge < -0.3 is 9.64 Å². The molecule has 0 bridgehead atoms. The van der Waals surface area contributed by atoms with E-state index in [0.29, 0.717) is 11.3 Å². The van der Waals surface area contributed by atoms with Crippen LogP contribution in [0.25, 0.3) is 0 Å². The summed E-state index contributed by atoms with van der Waals surface area (Å²) in [6.07, 6.45) is 5.09. The Balaban J connectivity index is 1.56. The average molecular weight is 457 g/mol. The Morgan fingerprint density at radius 3 is 2.41 bits per heavy atom. The third-order valence-electron chi connectivity index (χ3n) is 6.17. The molecule has 0 unspecified atom stereocenters. The molecular weight excluding hydrogens is 428 g/mol. The van der Waals surface area contributed by atoms with Gasteiger partial charge in [-0.2, -0.15) is 0 Å². The molecule has 7 nitrogen and oxygen atoms in total. The number of Topliss-reactive ketones (excluding diaryl/α,β-unsaturated/α-hetero) is 1. The van der Waals surface area contributed by atoms with Gasteiger partial charge in [0.2, 0.25) is 10.0 Å². The Labute approximate surface area is 189 Å². The first-order valence-electron chi connectivity index (χ1n) is 10.9. The van der Waals surface area contributed by atoms with Crippen LogP contribution in [0.4, 0.5) is 5.69 Å². The van der Waals surface area contributed by atoms with Crippen LogP contribution in [-0.2, 0) is 27.6 Å². The number of fused-ring (bicyclic) bond motifs is 1.